The fraction of sp³-hybridized carbons (Fsp3) is 0.211. The summed E-state index contributed by atoms with van der Waals surface area (Å²) in [5.74, 6) is -1.05. The van der Waals surface area contributed by atoms with E-state index in [1.54, 1.807) is 34.7 Å². The molecule has 0 atom stereocenters. The van der Waals surface area contributed by atoms with Crippen LogP contribution in [-0.2, 0) is 0 Å². The Bertz CT molecular complexity index is 1200. The van der Waals surface area contributed by atoms with Gasteiger partial charge in [-0.2, -0.15) is 14.6 Å². The number of thiazole rings is 1. The number of pyridine rings is 1. The molecule has 0 spiro atoms. The smallest absolute Gasteiger partial charge is 0.275 e. The van der Waals surface area contributed by atoms with E-state index >= 15 is 0 Å². The highest BCUT2D eigenvalue weighted by Crippen LogP contribution is 2.35. The summed E-state index contributed by atoms with van der Waals surface area (Å²) in [6.07, 6.45) is 5.80. The molecule has 1 fully saturated rings. The number of amides is 1. The summed E-state index contributed by atoms with van der Waals surface area (Å²) in [7, 11) is 0. The number of aliphatic hydroxyl groups excluding tert-OH is 1. The quantitative estimate of drug-likeness (QED) is 0.423. The molecule has 4 aromatic rings. The Morgan fingerprint density at radius 2 is 2.20 bits per heavy atom. The average molecular weight is 425 g/mol. The molecule has 0 saturated heterocycles. The number of hydrogen-bond acceptors (Lipinski definition) is 7. The van der Waals surface area contributed by atoms with E-state index in [-0.39, 0.29) is 17.8 Å². The van der Waals surface area contributed by atoms with Crippen molar-refractivity contribution in [3.8, 4) is 22.0 Å². The monoisotopic (exact) mass is 425 g/mol. The van der Waals surface area contributed by atoms with Gasteiger partial charge in [0.25, 0.3) is 5.91 Å². The highest BCUT2D eigenvalue weighted by molar-refractivity contribution is 7.13. The van der Waals surface area contributed by atoms with Gasteiger partial charge in [0.05, 0.1) is 29.7 Å². The molecule has 9 nitrogen and oxygen atoms in total. The van der Waals surface area contributed by atoms with Crippen molar-refractivity contribution >= 4 is 22.9 Å². The zero-order chi connectivity index (χ0) is 20.7. The average Bonchev–Trinajstić information content (AvgIpc) is 3.45. The summed E-state index contributed by atoms with van der Waals surface area (Å²) in [5.41, 5.74) is 2.11. The normalized spacial score (nSPS) is 18.2. The zero-order valence-electron chi connectivity index (χ0n) is 15.5. The topological polar surface area (TPSA) is 122 Å². The van der Waals surface area contributed by atoms with E-state index in [1.807, 2.05) is 0 Å². The third-order valence-electron chi connectivity index (χ3n) is 4.88. The third kappa shape index (κ3) is 3.48. The Kier molecular flexibility index (Phi) is 4.60. The third-order valence-corrected chi connectivity index (χ3v) is 5.77. The number of H-pyrrole nitrogens is 1. The van der Waals surface area contributed by atoms with Crippen molar-refractivity contribution in [3.05, 3.63) is 53.8 Å². The van der Waals surface area contributed by atoms with Crippen LogP contribution in [0.5, 0.6) is 0 Å². The molecule has 1 aliphatic rings. The molecule has 1 amide bonds. The predicted octanol–water partition coefficient (Wildman–Crippen LogP) is 2.88. The molecule has 152 valence electrons. The fourth-order valence-electron chi connectivity index (χ4n) is 3.24. The van der Waals surface area contributed by atoms with E-state index in [9.17, 15) is 14.3 Å². The Labute approximate surface area is 173 Å². The molecule has 3 N–H and O–H groups in total. The van der Waals surface area contributed by atoms with Gasteiger partial charge in [0, 0.05) is 23.3 Å². The number of halogens is 1. The van der Waals surface area contributed by atoms with Crippen molar-refractivity contribution in [1.82, 2.24) is 29.9 Å². The molecular formula is C19H16FN7O2S. The van der Waals surface area contributed by atoms with Crippen LogP contribution in [0.3, 0.4) is 0 Å². The minimum atomic E-state index is -0.636. The molecule has 4 aromatic heterocycles. The van der Waals surface area contributed by atoms with Crippen molar-refractivity contribution in [2.24, 2.45) is 0 Å². The van der Waals surface area contributed by atoms with Crippen LogP contribution in [0, 0.1) is 5.95 Å². The van der Waals surface area contributed by atoms with Gasteiger partial charge in [-0.3, -0.25) is 14.6 Å². The lowest BCUT2D eigenvalue weighted by Gasteiger charge is -2.31. The first-order valence-electron chi connectivity index (χ1n) is 9.23. The maximum absolute atomic E-state index is 13.7. The van der Waals surface area contributed by atoms with Crippen LogP contribution >= 0.6 is 11.3 Å². The maximum Gasteiger partial charge on any atom is 0.275 e. The molecule has 0 radical (unpaired) electrons. The first-order valence-corrected chi connectivity index (χ1v) is 10.1. The van der Waals surface area contributed by atoms with Crippen molar-refractivity contribution in [1.29, 1.82) is 0 Å². The molecule has 0 bridgehead atoms. The number of aromatic amines is 1. The number of carbonyl (C=O) groups excluding carboxylic acids is 1. The van der Waals surface area contributed by atoms with E-state index in [0.717, 1.165) is 5.56 Å². The van der Waals surface area contributed by atoms with Gasteiger partial charge in [-0.1, -0.05) is 6.07 Å². The SMILES string of the molecule is O=C(Nc1cn([C@H]2C[C@@H](O)C2)nc1-c1cccc(F)n1)c1csc(-c2cn[nH]c2)n1. The van der Waals surface area contributed by atoms with Gasteiger partial charge in [0.15, 0.2) is 0 Å². The summed E-state index contributed by atoms with van der Waals surface area (Å²) in [6.45, 7) is 0. The lowest BCUT2D eigenvalue weighted by Crippen LogP contribution is -2.31. The number of nitrogens with one attached hydrogen (secondary N) is 2. The number of aliphatic hydroxyl groups is 1. The van der Waals surface area contributed by atoms with Crippen LogP contribution in [0.2, 0.25) is 0 Å². The fourth-order valence-corrected chi connectivity index (χ4v) is 4.02. The van der Waals surface area contributed by atoms with Crippen LogP contribution < -0.4 is 5.32 Å². The second kappa shape index (κ2) is 7.43. The number of hydrogen-bond donors (Lipinski definition) is 3. The van der Waals surface area contributed by atoms with Gasteiger partial charge in [0.1, 0.15) is 16.4 Å². The maximum atomic E-state index is 13.7. The molecule has 0 aliphatic heterocycles. The molecule has 5 rings (SSSR count). The summed E-state index contributed by atoms with van der Waals surface area (Å²) < 4.78 is 15.3. The Balaban J connectivity index is 1.44. The highest BCUT2D eigenvalue weighted by Gasteiger charge is 2.31. The molecule has 1 aliphatic carbocycles. The molecule has 30 heavy (non-hydrogen) atoms. The number of aromatic nitrogens is 6. The van der Waals surface area contributed by atoms with Crippen LogP contribution in [0.25, 0.3) is 22.0 Å². The van der Waals surface area contributed by atoms with Crippen molar-refractivity contribution in [3.63, 3.8) is 0 Å². The standard InChI is InChI=1S/C19H16FN7O2S/c20-16-3-1-2-13(23-16)17-14(8-27(26-17)11-4-12(28)5-11)24-18(29)15-9-30-19(25-15)10-6-21-22-7-10/h1-3,6-9,11-12,28H,4-5H2,(H,21,22)(H,24,29)/t11-,12+. The van der Waals surface area contributed by atoms with Gasteiger partial charge in [-0.15, -0.1) is 11.3 Å². The van der Waals surface area contributed by atoms with E-state index in [0.29, 0.717) is 34.9 Å². The van der Waals surface area contributed by atoms with Crippen molar-refractivity contribution in [2.45, 2.75) is 25.0 Å². The van der Waals surface area contributed by atoms with E-state index in [1.165, 1.54) is 23.5 Å². The Morgan fingerprint density at radius 3 is 2.93 bits per heavy atom. The first-order chi connectivity index (χ1) is 14.6. The van der Waals surface area contributed by atoms with E-state index < -0.39 is 11.9 Å². The summed E-state index contributed by atoms with van der Waals surface area (Å²) in [6, 6.07) is 4.42. The van der Waals surface area contributed by atoms with Gasteiger partial charge in [-0.25, -0.2) is 9.97 Å². The number of nitrogens with zero attached hydrogens (tertiary/aromatic N) is 5. The molecule has 11 heteroatoms. The van der Waals surface area contributed by atoms with Crippen LogP contribution in [0.1, 0.15) is 29.4 Å². The van der Waals surface area contributed by atoms with Crippen molar-refractivity contribution in [2.75, 3.05) is 5.32 Å². The lowest BCUT2D eigenvalue weighted by molar-refractivity contribution is 0.0435. The second-order valence-electron chi connectivity index (χ2n) is 6.97. The Morgan fingerprint density at radius 1 is 1.33 bits per heavy atom. The van der Waals surface area contributed by atoms with Crippen LogP contribution in [-0.4, -0.2) is 47.1 Å². The molecule has 0 unspecified atom stereocenters. The number of carbonyl (C=O) groups is 1. The second-order valence-corrected chi connectivity index (χ2v) is 7.83. The van der Waals surface area contributed by atoms with Crippen LogP contribution in [0.4, 0.5) is 10.1 Å². The minimum Gasteiger partial charge on any atom is -0.393 e. The first kappa shape index (κ1) is 18.6. The van der Waals surface area contributed by atoms with Gasteiger partial charge < -0.3 is 10.4 Å². The summed E-state index contributed by atoms with van der Waals surface area (Å²) in [5, 5.41) is 25.8. The van der Waals surface area contributed by atoms with Gasteiger partial charge in [-0.05, 0) is 25.0 Å². The lowest BCUT2D eigenvalue weighted by atomic mass is 9.90. The summed E-state index contributed by atoms with van der Waals surface area (Å²) >= 11 is 1.33. The molecular weight excluding hydrogens is 409 g/mol. The molecule has 4 heterocycles. The van der Waals surface area contributed by atoms with Crippen molar-refractivity contribution < 1.29 is 14.3 Å². The van der Waals surface area contributed by atoms with Gasteiger partial charge in [0.2, 0.25) is 5.95 Å². The number of anilines is 1. The number of rotatable bonds is 5. The van der Waals surface area contributed by atoms with E-state index in [4.69, 9.17) is 0 Å². The summed E-state index contributed by atoms with van der Waals surface area (Å²) in [4.78, 5) is 21.0. The Hall–Kier alpha value is -3.44. The van der Waals surface area contributed by atoms with E-state index in [2.05, 4.69) is 30.6 Å². The van der Waals surface area contributed by atoms with Crippen LogP contribution in [0.15, 0.2) is 42.2 Å². The molecule has 1 saturated carbocycles. The molecule has 0 aromatic carbocycles. The zero-order valence-corrected chi connectivity index (χ0v) is 16.3. The van der Waals surface area contributed by atoms with Gasteiger partial charge >= 0.3 is 0 Å². The minimum absolute atomic E-state index is 0.0185. The largest absolute Gasteiger partial charge is 0.393 e. The highest BCUT2D eigenvalue weighted by atomic mass is 32.1. The predicted molar refractivity (Wildman–Crippen MR) is 107 cm³/mol.